The SMILES string of the molecule is O=C(O)/C=C(\Nc1cc(C(F)(F)F)cc(C(F)(F)F)c1)C(=O)O. The number of anilines is 1. The Labute approximate surface area is 123 Å². The lowest BCUT2D eigenvalue weighted by Crippen LogP contribution is -2.15. The second kappa shape index (κ2) is 6.18. The summed E-state index contributed by atoms with van der Waals surface area (Å²) >= 11 is 0. The molecule has 0 aliphatic rings. The van der Waals surface area contributed by atoms with Crippen LogP contribution >= 0.6 is 0 Å². The van der Waals surface area contributed by atoms with Crippen molar-refractivity contribution in [2.24, 2.45) is 0 Å². The fraction of sp³-hybridized carbons (Fsp3) is 0.167. The molecule has 0 amide bonds. The van der Waals surface area contributed by atoms with Crippen molar-refractivity contribution in [3.05, 3.63) is 41.1 Å². The highest BCUT2D eigenvalue weighted by molar-refractivity contribution is 5.97. The number of carboxylic acids is 2. The number of hydrogen-bond acceptors (Lipinski definition) is 3. The Morgan fingerprint density at radius 1 is 0.913 bits per heavy atom. The second-order valence-electron chi connectivity index (χ2n) is 4.12. The first-order chi connectivity index (χ1) is 10.3. The highest BCUT2D eigenvalue weighted by atomic mass is 19.4. The van der Waals surface area contributed by atoms with Crippen LogP contribution in [0.1, 0.15) is 11.1 Å². The van der Waals surface area contributed by atoms with E-state index in [9.17, 15) is 35.9 Å². The van der Waals surface area contributed by atoms with Gasteiger partial charge >= 0.3 is 24.3 Å². The molecule has 3 N–H and O–H groups in total. The van der Waals surface area contributed by atoms with E-state index in [-0.39, 0.29) is 24.3 Å². The molecule has 1 rings (SSSR count). The number of nitrogens with one attached hydrogen (secondary N) is 1. The molecule has 0 aliphatic carbocycles. The van der Waals surface area contributed by atoms with Crippen LogP contribution in [0.15, 0.2) is 30.0 Å². The van der Waals surface area contributed by atoms with Crippen molar-refractivity contribution in [3.8, 4) is 0 Å². The minimum absolute atomic E-state index is 0.0931. The van der Waals surface area contributed by atoms with Crippen molar-refractivity contribution in [2.45, 2.75) is 12.4 Å². The van der Waals surface area contributed by atoms with Gasteiger partial charge < -0.3 is 15.5 Å². The molecule has 0 aliphatic heterocycles. The van der Waals surface area contributed by atoms with Crippen LogP contribution in [0.25, 0.3) is 0 Å². The summed E-state index contributed by atoms with van der Waals surface area (Å²) in [5, 5.41) is 18.9. The summed E-state index contributed by atoms with van der Waals surface area (Å²) in [6.45, 7) is 0. The molecular weight excluding hydrogens is 336 g/mol. The van der Waals surface area contributed by atoms with Crippen molar-refractivity contribution in [3.63, 3.8) is 0 Å². The summed E-state index contributed by atoms with van der Waals surface area (Å²) in [6.07, 6.45) is -10.1. The molecule has 0 unspecified atom stereocenters. The van der Waals surface area contributed by atoms with Crippen LogP contribution in [-0.4, -0.2) is 22.2 Å². The van der Waals surface area contributed by atoms with Gasteiger partial charge in [0, 0.05) is 5.69 Å². The quantitative estimate of drug-likeness (QED) is 0.577. The van der Waals surface area contributed by atoms with Crippen LogP contribution < -0.4 is 5.32 Å². The van der Waals surface area contributed by atoms with Gasteiger partial charge in [0.1, 0.15) is 5.70 Å². The monoisotopic (exact) mass is 343 g/mol. The maximum atomic E-state index is 12.6. The lowest BCUT2D eigenvalue weighted by atomic mass is 10.1. The highest BCUT2D eigenvalue weighted by Crippen LogP contribution is 2.37. The predicted octanol–water partition coefficient (Wildman–Crippen LogP) is 3.19. The Morgan fingerprint density at radius 2 is 1.35 bits per heavy atom. The van der Waals surface area contributed by atoms with Gasteiger partial charge in [0.25, 0.3) is 0 Å². The molecule has 0 spiro atoms. The minimum Gasteiger partial charge on any atom is -0.478 e. The molecule has 5 nitrogen and oxygen atoms in total. The van der Waals surface area contributed by atoms with Crippen molar-refractivity contribution < 1.29 is 46.1 Å². The number of hydrogen-bond donors (Lipinski definition) is 3. The van der Waals surface area contributed by atoms with E-state index in [1.54, 1.807) is 5.32 Å². The Kier molecular flexibility index (Phi) is 4.93. The molecule has 0 fully saturated rings. The largest absolute Gasteiger partial charge is 0.478 e. The molecule has 126 valence electrons. The fourth-order valence-corrected chi connectivity index (χ4v) is 1.46. The van der Waals surface area contributed by atoms with Crippen LogP contribution in [0.3, 0.4) is 0 Å². The van der Waals surface area contributed by atoms with E-state index in [0.29, 0.717) is 0 Å². The van der Waals surface area contributed by atoms with E-state index >= 15 is 0 Å². The molecule has 0 saturated heterocycles. The maximum absolute atomic E-state index is 12.6. The zero-order valence-corrected chi connectivity index (χ0v) is 10.8. The average molecular weight is 343 g/mol. The van der Waals surface area contributed by atoms with Crippen LogP contribution in [0.2, 0.25) is 0 Å². The number of aliphatic carboxylic acids is 2. The first kappa shape index (κ1) is 18.3. The zero-order chi connectivity index (χ0) is 18.0. The third kappa shape index (κ3) is 5.20. The van der Waals surface area contributed by atoms with Crippen molar-refractivity contribution in [2.75, 3.05) is 5.32 Å². The normalized spacial score (nSPS) is 12.9. The molecular formula is C12H7F6NO4. The van der Waals surface area contributed by atoms with Crippen molar-refractivity contribution in [1.82, 2.24) is 0 Å². The Hall–Kier alpha value is -2.72. The van der Waals surface area contributed by atoms with Crippen molar-refractivity contribution >= 4 is 17.6 Å². The van der Waals surface area contributed by atoms with E-state index in [4.69, 9.17) is 10.2 Å². The molecule has 11 heteroatoms. The summed E-state index contributed by atoms with van der Waals surface area (Å²) in [4.78, 5) is 21.2. The Morgan fingerprint density at radius 3 is 1.65 bits per heavy atom. The van der Waals surface area contributed by atoms with Gasteiger partial charge in [-0.2, -0.15) is 26.3 Å². The summed E-state index contributed by atoms with van der Waals surface area (Å²) in [5.74, 6) is -3.63. The summed E-state index contributed by atoms with van der Waals surface area (Å²) in [7, 11) is 0. The van der Waals surface area contributed by atoms with Crippen LogP contribution in [0.5, 0.6) is 0 Å². The van der Waals surface area contributed by atoms with Crippen LogP contribution in [0.4, 0.5) is 32.0 Å². The molecule has 0 radical (unpaired) electrons. The van der Waals surface area contributed by atoms with Gasteiger partial charge in [-0.15, -0.1) is 0 Å². The fourth-order valence-electron chi connectivity index (χ4n) is 1.46. The highest BCUT2D eigenvalue weighted by Gasteiger charge is 2.37. The third-order valence-electron chi connectivity index (χ3n) is 2.36. The summed E-state index contributed by atoms with van der Waals surface area (Å²) < 4.78 is 75.7. The van der Waals surface area contributed by atoms with E-state index in [2.05, 4.69) is 0 Å². The standard InChI is InChI=1S/C12H7F6NO4/c13-11(14,15)5-1-6(12(16,17)18)3-7(2-5)19-8(10(22)23)4-9(20)21/h1-4,19H,(H,20,21)(H,22,23)/b8-4-. The smallest absolute Gasteiger partial charge is 0.416 e. The summed E-state index contributed by atoms with van der Waals surface area (Å²) in [5.41, 5.74) is -5.32. The third-order valence-corrected chi connectivity index (χ3v) is 2.36. The number of rotatable bonds is 4. The molecule has 0 aromatic heterocycles. The number of alkyl halides is 6. The van der Waals surface area contributed by atoms with Crippen LogP contribution in [0, 0.1) is 0 Å². The molecule has 0 bridgehead atoms. The second-order valence-corrected chi connectivity index (χ2v) is 4.12. The van der Waals surface area contributed by atoms with Gasteiger partial charge in [-0.25, -0.2) is 9.59 Å². The van der Waals surface area contributed by atoms with Crippen molar-refractivity contribution in [1.29, 1.82) is 0 Å². The Balaban J connectivity index is 3.41. The van der Waals surface area contributed by atoms with E-state index < -0.39 is 46.8 Å². The number of carbonyl (C=O) groups is 2. The first-order valence-electron chi connectivity index (χ1n) is 5.55. The lowest BCUT2D eigenvalue weighted by molar-refractivity contribution is -0.143. The molecule has 1 aromatic carbocycles. The topological polar surface area (TPSA) is 86.6 Å². The molecule has 0 atom stereocenters. The lowest BCUT2D eigenvalue weighted by Gasteiger charge is -2.15. The molecule has 1 aromatic rings. The molecule has 0 heterocycles. The summed E-state index contributed by atoms with van der Waals surface area (Å²) in [6, 6.07) is 0.314. The molecule has 0 saturated carbocycles. The van der Waals surface area contributed by atoms with Gasteiger partial charge in [0.15, 0.2) is 0 Å². The maximum Gasteiger partial charge on any atom is 0.416 e. The van der Waals surface area contributed by atoms with E-state index in [0.717, 1.165) is 0 Å². The average Bonchev–Trinajstić information content (AvgIpc) is 2.34. The van der Waals surface area contributed by atoms with E-state index in [1.807, 2.05) is 0 Å². The zero-order valence-electron chi connectivity index (χ0n) is 10.8. The van der Waals surface area contributed by atoms with Gasteiger partial charge in [-0.3, -0.25) is 0 Å². The van der Waals surface area contributed by atoms with Crippen LogP contribution in [-0.2, 0) is 21.9 Å². The number of halogens is 6. The molecule has 23 heavy (non-hydrogen) atoms. The van der Waals surface area contributed by atoms with Gasteiger partial charge in [-0.1, -0.05) is 0 Å². The minimum atomic E-state index is -5.11. The van der Waals surface area contributed by atoms with Gasteiger partial charge in [0.2, 0.25) is 0 Å². The number of benzene rings is 1. The van der Waals surface area contributed by atoms with Gasteiger partial charge in [0.05, 0.1) is 17.2 Å². The van der Waals surface area contributed by atoms with E-state index in [1.165, 1.54) is 0 Å². The Bertz CT molecular complexity index is 630. The predicted molar refractivity (Wildman–Crippen MR) is 63.4 cm³/mol. The van der Waals surface area contributed by atoms with Gasteiger partial charge in [-0.05, 0) is 18.2 Å². The number of carboxylic acid groups (broad SMARTS) is 2. The first-order valence-corrected chi connectivity index (χ1v) is 5.55.